The van der Waals surface area contributed by atoms with E-state index in [1.54, 1.807) is 0 Å². The largest absolute Gasteiger partial charge is 0.395 e. The molecule has 0 bridgehead atoms. The molecule has 0 saturated heterocycles. The third kappa shape index (κ3) is 10.4. The number of likely N-dealkylation sites (N-methyl/N-ethyl adjacent to an activating group) is 1. The van der Waals surface area contributed by atoms with Gasteiger partial charge in [-0.25, -0.2) is 0 Å². The summed E-state index contributed by atoms with van der Waals surface area (Å²) in [5.74, 6) is 1.36. The number of rotatable bonds is 10. The van der Waals surface area contributed by atoms with Gasteiger partial charge in [-0.1, -0.05) is 121 Å². The van der Waals surface area contributed by atoms with Crippen molar-refractivity contribution in [3.8, 4) is 0 Å². The molecule has 2 nitrogen and oxygen atoms in total. The monoisotopic (exact) mass is 761 g/mol. The normalized spacial score (nSPS) is 16.2. The summed E-state index contributed by atoms with van der Waals surface area (Å²) >= 11 is 0. The van der Waals surface area contributed by atoms with Gasteiger partial charge in [0.05, 0.1) is 6.61 Å². The first-order valence-electron chi connectivity index (χ1n) is 14.8. The molecule has 0 aromatic heterocycles. The van der Waals surface area contributed by atoms with Gasteiger partial charge in [0.2, 0.25) is 0 Å². The van der Waals surface area contributed by atoms with E-state index in [1.165, 1.54) is 38.5 Å². The fourth-order valence-corrected chi connectivity index (χ4v) is 10.1. The Labute approximate surface area is 299 Å². The van der Waals surface area contributed by atoms with Crippen LogP contribution in [0.15, 0.2) is 121 Å². The molecule has 4 aromatic carbocycles. The molecule has 0 aliphatic heterocycles. The molecule has 0 heterocycles. The molecule has 2 aliphatic rings. The van der Waals surface area contributed by atoms with Gasteiger partial charge in [0, 0.05) is 67.3 Å². The minimum absolute atomic E-state index is 0. The van der Waals surface area contributed by atoms with E-state index in [9.17, 15) is 5.11 Å². The third-order valence-corrected chi connectivity index (χ3v) is 12.6. The summed E-state index contributed by atoms with van der Waals surface area (Å²) in [6, 6.07) is 43.4. The van der Waals surface area contributed by atoms with Crippen LogP contribution in [0.3, 0.4) is 0 Å². The Kier molecular flexibility index (Phi) is 17.2. The Morgan fingerprint density at radius 3 is 1.38 bits per heavy atom. The molecular formula is C39H39FeNOP2Pd. The summed E-state index contributed by atoms with van der Waals surface area (Å²) in [6.45, 7) is 3.08. The van der Waals surface area contributed by atoms with Crippen LogP contribution in [0.1, 0.15) is 6.92 Å². The van der Waals surface area contributed by atoms with Crippen LogP contribution in [0.4, 0.5) is 0 Å². The molecule has 45 heavy (non-hydrogen) atoms. The number of nitrogens with zero attached hydrogens (tertiary/aromatic N) is 1. The van der Waals surface area contributed by atoms with Crippen molar-refractivity contribution in [1.29, 1.82) is 0 Å². The SMILES string of the molecule is C[C@H]([C]1[CH][CH][CH][C]1P(c1ccccc1)c1ccccc1)N(C)CCO.[CH]1[CH][CH][C](P(c2ccccc2)c2ccccc2)[CH]1.[Fe].[Pd]. The Balaban J connectivity index is 0.000000246. The van der Waals surface area contributed by atoms with E-state index in [1.807, 2.05) is 0 Å². The second-order valence-corrected chi connectivity index (χ2v) is 14.8. The smallest absolute Gasteiger partial charge is 0.0558 e. The first-order chi connectivity index (χ1) is 21.2. The van der Waals surface area contributed by atoms with E-state index >= 15 is 0 Å². The van der Waals surface area contributed by atoms with Gasteiger partial charge in [-0.2, -0.15) is 0 Å². The van der Waals surface area contributed by atoms with E-state index in [2.05, 4.69) is 185 Å². The van der Waals surface area contributed by atoms with Crippen LogP contribution in [0.2, 0.25) is 0 Å². The average Bonchev–Trinajstić information content (AvgIpc) is 3.77. The first-order valence-corrected chi connectivity index (χ1v) is 17.4. The second kappa shape index (κ2) is 20.3. The summed E-state index contributed by atoms with van der Waals surface area (Å²) in [7, 11) is 1.08. The molecule has 1 N–H and O–H groups in total. The van der Waals surface area contributed by atoms with Crippen molar-refractivity contribution in [1.82, 2.24) is 4.90 Å². The van der Waals surface area contributed by atoms with E-state index in [0.717, 1.165) is 0 Å². The summed E-state index contributed by atoms with van der Waals surface area (Å²) in [5.41, 5.74) is 2.83. The molecule has 1 atom stereocenters. The Bertz CT molecular complexity index is 1250. The zero-order valence-corrected chi connectivity index (χ0v) is 30.0. The molecule has 2 fully saturated rings. The van der Waals surface area contributed by atoms with Crippen LogP contribution >= 0.6 is 15.8 Å². The van der Waals surface area contributed by atoms with E-state index in [4.69, 9.17) is 0 Å². The number of aliphatic hydroxyl groups is 1. The quantitative estimate of drug-likeness (QED) is 0.145. The van der Waals surface area contributed by atoms with Gasteiger partial charge >= 0.3 is 0 Å². The number of benzene rings is 4. The number of hydrogen-bond donors (Lipinski definition) is 1. The molecule has 0 amide bonds. The van der Waals surface area contributed by atoms with E-state index in [0.29, 0.717) is 6.54 Å². The Morgan fingerprint density at radius 2 is 0.978 bits per heavy atom. The zero-order valence-electron chi connectivity index (χ0n) is 25.5. The van der Waals surface area contributed by atoms with Crippen LogP contribution in [0, 0.1) is 62.2 Å². The summed E-state index contributed by atoms with van der Waals surface area (Å²) in [5, 5.41) is 14.8. The Hall–Kier alpha value is -1.16. The summed E-state index contributed by atoms with van der Waals surface area (Å²) in [6.07, 6.45) is 15.4. The van der Waals surface area contributed by atoms with Gasteiger partial charge in [-0.3, -0.25) is 0 Å². The first kappa shape index (κ1) is 38.3. The standard InChI is InChI=1S/C22H25NOP.C17H14P.Fe.Pd/c1-18(23(2)16-17-24)21-14-9-15-22(21)25(19-10-5-3-6-11-19)20-12-7-4-8-13-20;1-3-9-15(10-4-1)18(17-13-7-8-14-17)16-11-5-2-6-12-16;;/h3-15,18,24H,16-17H2,1-2H3;1-14H;;/t18-;;;/m1.../s1. The van der Waals surface area contributed by atoms with Gasteiger partial charge < -0.3 is 10.0 Å². The zero-order chi connectivity index (χ0) is 29.9. The fourth-order valence-electron chi connectivity index (χ4n) is 5.27. The molecule has 4 aromatic rings. The molecule has 6 heteroatoms. The van der Waals surface area contributed by atoms with Crippen molar-refractivity contribution in [2.45, 2.75) is 13.0 Å². The summed E-state index contributed by atoms with van der Waals surface area (Å²) in [4.78, 5) is 2.21. The van der Waals surface area contributed by atoms with Crippen LogP contribution in [-0.4, -0.2) is 36.2 Å². The predicted molar refractivity (Wildman–Crippen MR) is 187 cm³/mol. The van der Waals surface area contributed by atoms with Crippen molar-refractivity contribution in [3.63, 3.8) is 0 Å². The molecule has 2 aliphatic carbocycles. The van der Waals surface area contributed by atoms with Gasteiger partial charge in [0.15, 0.2) is 0 Å². The molecule has 2 saturated carbocycles. The van der Waals surface area contributed by atoms with Crippen molar-refractivity contribution in [2.75, 3.05) is 20.2 Å². The third-order valence-electron chi connectivity index (χ3n) is 7.59. The molecule has 0 spiro atoms. The van der Waals surface area contributed by atoms with Crippen molar-refractivity contribution >= 4 is 37.1 Å². The molecule has 6 rings (SSSR count). The van der Waals surface area contributed by atoms with Crippen LogP contribution < -0.4 is 21.2 Å². The molecule has 234 valence electrons. The maximum Gasteiger partial charge on any atom is 0.0558 e. The minimum atomic E-state index is -0.585. The van der Waals surface area contributed by atoms with Crippen molar-refractivity contribution in [2.24, 2.45) is 0 Å². The van der Waals surface area contributed by atoms with Crippen molar-refractivity contribution < 1.29 is 42.6 Å². The van der Waals surface area contributed by atoms with E-state index in [-0.39, 0.29) is 50.1 Å². The maximum absolute atomic E-state index is 9.28. The number of aliphatic hydroxyl groups excluding tert-OH is 1. The average molecular weight is 762 g/mol. The molecule has 0 unspecified atom stereocenters. The van der Waals surface area contributed by atoms with Gasteiger partial charge in [-0.15, -0.1) is 0 Å². The topological polar surface area (TPSA) is 23.5 Å². The minimum Gasteiger partial charge on any atom is -0.395 e. The Morgan fingerprint density at radius 1 is 0.578 bits per heavy atom. The van der Waals surface area contributed by atoms with Crippen LogP contribution in [0.5, 0.6) is 0 Å². The fraction of sp³-hybridized carbons (Fsp3) is 0.128. The van der Waals surface area contributed by atoms with Crippen LogP contribution in [-0.2, 0) is 37.5 Å². The molecular weight excluding hydrogens is 723 g/mol. The molecule has 10 radical (unpaired) electrons. The maximum atomic E-state index is 9.28. The van der Waals surface area contributed by atoms with E-state index < -0.39 is 15.8 Å². The number of hydrogen-bond acceptors (Lipinski definition) is 2. The van der Waals surface area contributed by atoms with Gasteiger partial charge in [0.25, 0.3) is 0 Å². The predicted octanol–water partition coefficient (Wildman–Crippen LogP) is 6.64. The van der Waals surface area contributed by atoms with Crippen molar-refractivity contribution in [3.05, 3.63) is 184 Å². The summed E-state index contributed by atoms with van der Waals surface area (Å²) < 4.78 is 0. The van der Waals surface area contributed by atoms with Crippen LogP contribution in [0.25, 0.3) is 0 Å². The van der Waals surface area contributed by atoms with Gasteiger partial charge in [0.1, 0.15) is 0 Å². The van der Waals surface area contributed by atoms with Gasteiger partial charge in [-0.05, 0) is 96.0 Å². The second-order valence-electron chi connectivity index (χ2n) is 10.4.